The summed E-state index contributed by atoms with van der Waals surface area (Å²) in [7, 11) is -3.20. The van der Waals surface area contributed by atoms with Crippen LogP contribution in [0.3, 0.4) is 0 Å². The van der Waals surface area contributed by atoms with Crippen molar-refractivity contribution in [3.8, 4) is 17.0 Å². The fourth-order valence-corrected chi connectivity index (χ4v) is 4.66. The standard InChI is InChI=1S/C18H19N3O3S2/c1-26(22,23)14-4-2-12(3-5-14)15-10-25-17-16(15)20-11-21-18(17)24-13-6-8-19-9-7-13/h2-5,10-11,13,19H,6-9H2,1H3. The molecule has 3 heterocycles. The van der Waals surface area contributed by atoms with Crippen LogP contribution in [0.1, 0.15) is 12.8 Å². The van der Waals surface area contributed by atoms with E-state index >= 15 is 0 Å². The third kappa shape index (κ3) is 3.44. The van der Waals surface area contributed by atoms with Gasteiger partial charge in [-0.3, -0.25) is 0 Å². The van der Waals surface area contributed by atoms with Gasteiger partial charge < -0.3 is 10.1 Å². The molecule has 1 saturated heterocycles. The summed E-state index contributed by atoms with van der Waals surface area (Å²) in [5, 5.41) is 5.34. The molecule has 136 valence electrons. The van der Waals surface area contributed by atoms with Gasteiger partial charge in [0.2, 0.25) is 5.88 Å². The van der Waals surface area contributed by atoms with Crippen LogP contribution in [-0.4, -0.2) is 43.8 Å². The van der Waals surface area contributed by atoms with E-state index in [1.54, 1.807) is 23.5 Å². The third-order valence-corrected chi connectivity index (χ3v) is 6.56. The van der Waals surface area contributed by atoms with Gasteiger partial charge in [0, 0.05) is 17.2 Å². The van der Waals surface area contributed by atoms with Crippen molar-refractivity contribution in [2.75, 3.05) is 19.3 Å². The number of aromatic nitrogens is 2. The van der Waals surface area contributed by atoms with E-state index in [1.165, 1.54) is 12.6 Å². The molecule has 1 fully saturated rings. The minimum absolute atomic E-state index is 0.175. The number of hydrogen-bond acceptors (Lipinski definition) is 7. The van der Waals surface area contributed by atoms with Gasteiger partial charge in [-0.1, -0.05) is 12.1 Å². The molecule has 0 radical (unpaired) electrons. The molecular weight excluding hydrogens is 370 g/mol. The smallest absolute Gasteiger partial charge is 0.235 e. The molecule has 1 N–H and O–H groups in total. The lowest BCUT2D eigenvalue weighted by Crippen LogP contribution is -2.34. The summed E-state index contributed by atoms with van der Waals surface area (Å²) in [4.78, 5) is 9.07. The van der Waals surface area contributed by atoms with Crippen molar-refractivity contribution in [1.29, 1.82) is 0 Å². The fourth-order valence-electron chi connectivity index (χ4n) is 3.07. The minimum Gasteiger partial charge on any atom is -0.473 e. The quantitative estimate of drug-likeness (QED) is 0.739. The Balaban J connectivity index is 1.68. The number of benzene rings is 1. The summed E-state index contributed by atoms with van der Waals surface area (Å²) in [5.41, 5.74) is 2.72. The highest BCUT2D eigenvalue weighted by atomic mass is 32.2. The molecule has 0 spiro atoms. The van der Waals surface area contributed by atoms with Crippen LogP contribution in [-0.2, 0) is 9.84 Å². The van der Waals surface area contributed by atoms with Gasteiger partial charge >= 0.3 is 0 Å². The van der Waals surface area contributed by atoms with Crippen molar-refractivity contribution in [2.45, 2.75) is 23.8 Å². The van der Waals surface area contributed by atoms with Crippen molar-refractivity contribution in [3.63, 3.8) is 0 Å². The van der Waals surface area contributed by atoms with Gasteiger partial charge in [0.05, 0.1) is 10.4 Å². The molecular formula is C18H19N3O3S2. The summed E-state index contributed by atoms with van der Waals surface area (Å²) in [5.74, 6) is 0.630. The lowest BCUT2D eigenvalue weighted by Gasteiger charge is -2.23. The zero-order chi connectivity index (χ0) is 18.1. The molecule has 8 heteroatoms. The van der Waals surface area contributed by atoms with Gasteiger partial charge in [-0.25, -0.2) is 18.4 Å². The highest BCUT2D eigenvalue weighted by Crippen LogP contribution is 2.37. The number of nitrogens with zero attached hydrogens (tertiary/aromatic N) is 2. The van der Waals surface area contributed by atoms with Crippen molar-refractivity contribution in [3.05, 3.63) is 36.0 Å². The normalized spacial score (nSPS) is 16.0. The lowest BCUT2D eigenvalue weighted by molar-refractivity contribution is 0.158. The first-order valence-corrected chi connectivity index (χ1v) is 11.2. The first-order valence-electron chi connectivity index (χ1n) is 8.42. The highest BCUT2D eigenvalue weighted by molar-refractivity contribution is 7.90. The van der Waals surface area contributed by atoms with E-state index in [4.69, 9.17) is 4.74 Å². The first-order chi connectivity index (χ1) is 12.5. The van der Waals surface area contributed by atoms with E-state index in [1.807, 2.05) is 17.5 Å². The Morgan fingerprint density at radius 2 is 1.88 bits per heavy atom. The van der Waals surface area contributed by atoms with Crippen LogP contribution in [0.2, 0.25) is 0 Å². The summed E-state index contributed by atoms with van der Waals surface area (Å²) in [6, 6.07) is 6.88. The van der Waals surface area contributed by atoms with Crippen LogP contribution < -0.4 is 10.1 Å². The van der Waals surface area contributed by atoms with Crippen LogP contribution in [0.4, 0.5) is 0 Å². The number of sulfone groups is 1. The summed E-state index contributed by atoms with van der Waals surface area (Å²) in [6.45, 7) is 1.92. The summed E-state index contributed by atoms with van der Waals surface area (Å²) < 4.78 is 30.3. The Bertz CT molecular complexity index is 1020. The van der Waals surface area contributed by atoms with Crippen molar-refractivity contribution in [2.24, 2.45) is 0 Å². The highest BCUT2D eigenvalue weighted by Gasteiger charge is 2.19. The van der Waals surface area contributed by atoms with E-state index in [-0.39, 0.29) is 6.10 Å². The predicted octanol–water partition coefficient (Wildman–Crippen LogP) is 2.89. The van der Waals surface area contributed by atoms with Crippen molar-refractivity contribution >= 4 is 31.4 Å². The molecule has 0 atom stereocenters. The van der Waals surface area contributed by atoms with Crippen LogP contribution in [0.15, 0.2) is 40.9 Å². The Hall–Kier alpha value is -2.03. The van der Waals surface area contributed by atoms with Crippen molar-refractivity contribution in [1.82, 2.24) is 15.3 Å². The van der Waals surface area contributed by atoms with E-state index in [0.29, 0.717) is 10.8 Å². The van der Waals surface area contributed by atoms with Gasteiger partial charge in [0.1, 0.15) is 17.1 Å². The number of rotatable bonds is 4. The predicted molar refractivity (Wildman–Crippen MR) is 102 cm³/mol. The van der Waals surface area contributed by atoms with Crippen LogP contribution >= 0.6 is 11.3 Å². The maximum absolute atomic E-state index is 11.6. The zero-order valence-corrected chi connectivity index (χ0v) is 15.9. The number of nitrogens with one attached hydrogen (secondary N) is 1. The molecule has 0 aliphatic carbocycles. The molecule has 0 amide bonds. The minimum atomic E-state index is -3.20. The summed E-state index contributed by atoms with van der Waals surface area (Å²) in [6.07, 6.45) is 4.85. The van der Waals surface area contributed by atoms with Gasteiger partial charge in [0.15, 0.2) is 9.84 Å². The first kappa shape index (κ1) is 17.4. The molecule has 1 aliphatic rings. The van der Waals surface area contributed by atoms with Gasteiger partial charge in [-0.2, -0.15) is 0 Å². The second-order valence-electron chi connectivity index (χ2n) is 6.37. The van der Waals surface area contributed by atoms with E-state index in [2.05, 4.69) is 15.3 Å². The average Bonchev–Trinajstić information content (AvgIpc) is 3.07. The Labute approximate surface area is 156 Å². The van der Waals surface area contributed by atoms with E-state index in [0.717, 1.165) is 47.3 Å². The maximum Gasteiger partial charge on any atom is 0.235 e. The molecule has 1 aromatic carbocycles. The topological polar surface area (TPSA) is 81.2 Å². The third-order valence-electron chi connectivity index (χ3n) is 4.48. The molecule has 3 aromatic rings. The number of ether oxygens (including phenoxy) is 1. The molecule has 6 nitrogen and oxygen atoms in total. The van der Waals surface area contributed by atoms with Gasteiger partial charge in [-0.05, 0) is 43.6 Å². The number of hydrogen-bond donors (Lipinski definition) is 1. The molecule has 0 bridgehead atoms. The fraction of sp³-hybridized carbons (Fsp3) is 0.333. The monoisotopic (exact) mass is 389 g/mol. The van der Waals surface area contributed by atoms with E-state index < -0.39 is 9.84 Å². The molecule has 1 aliphatic heterocycles. The second-order valence-corrected chi connectivity index (χ2v) is 9.27. The molecule has 0 saturated carbocycles. The van der Waals surface area contributed by atoms with Crippen LogP contribution in [0.25, 0.3) is 21.3 Å². The van der Waals surface area contributed by atoms with Crippen molar-refractivity contribution < 1.29 is 13.2 Å². The summed E-state index contributed by atoms with van der Waals surface area (Å²) >= 11 is 1.55. The molecule has 2 aromatic heterocycles. The number of piperidine rings is 1. The zero-order valence-electron chi connectivity index (χ0n) is 14.3. The number of fused-ring (bicyclic) bond motifs is 1. The molecule has 26 heavy (non-hydrogen) atoms. The Morgan fingerprint density at radius 3 is 2.58 bits per heavy atom. The number of thiophene rings is 1. The van der Waals surface area contributed by atoms with Crippen LogP contribution in [0.5, 0.6) is 5.88 Å². The largest absolute Gasteiger partial charge is 0.473 e. The molecule has 0 unspecified atom stereocenters. The second kappa shape index (κ2) is 6.94. The Kier molecular flexibility index (Phi) is 4.64. The maximum atomic E-state index is 11.6. The lowest BCUT2D eigenvalue weighted by atomic mass is 10.1. The average molecular weight is 390 g/mol. The van der Waals surface area contributed by atoms with Crippen LogP contribution in [0, 0.1) is 0 Å². The SMILES string of the molecule is CS(=O)(=O)c1ccc(-c2csc3c(OC4CCNCC4)ncnc23)cc1. The van der Waals surface area contributed by atoms with Gasteiger partial charge in [-0.15, -0.1) is 11.3 Å². The van der Waals surface area contributed by atoms with Gasteiger partial charge in [0.25, 0.3) is 0 Å². The van der Waals surface area contributed by atoms with E-state index in [9.17, 15) is 8.42 Å². The Morgan fingerprint density at radius 1 is 1.15 bits per heavy atom. The molecule has 4 rings (SSSR count).